The zero-order valence-electron chi connectivity index (χ0n) is 18.4. The predicted octanol–water partition coefficient (Wildman–Crippen LogP) is 3.03. The van der Waals surface area contributed by atoms with Gasteiger partial charge in [0.1, 0.15) is 22.9 Å². The van der Waals surface area contributed by atoms with Crippen molar-refractivity contribution >= 4 is 43.2 Å². The van der Waals surface area contributed by atoms with Crippen molar-refractivity contribution in [2.45, 2.75) is 30.7 Å². The summed E-state index contributed by atoms with van der Waals surface area (Å²) >= 11 is 3.40. The second-order valence-corrected chi connectivity index (χ2v) is 10.7. The van der Waals surface area contributed by atoms with E-state index in [0.717, 1.165) is 34.1 Å². The number of hydrogen-bond donors (Lipinski definition) is 1. The largest absolute Gasteiger partial charge is 0.496 e. The van der Waals surface area contributed by atoms with Gasteiger partial charge in [-0.1, -0.05) is 0 Å². The third kappa shape index (κ3) is 3.84. The van der Waals surface area contributed by atoms with Gasteiger partial charge in [0.2, 0.25) is 5.91 Å². The van der Waals surface area contributed by atoms with Crippen molar-refractivity contribution in [1.29, 1.82) is 0 Å². The summed E-state index contributed by atoms with van der Waals surface area (Å²) in [5.41, 5.74) is 2.72. The Hall–Kier alpha value is -2.30. The van der Waals surface area contributed by atoms with Crippen molar-refractivity contribution in [2.75, 3.05) is 44.0 Å². The Labute approximate surface area is 196 Å². The lowest BCUT2D eigenvalue weighted by molar-refractivity contribution is -0.115. The molecule has 2 aliphatic heterocycles. The number of benzene rings is 2. The van der Waals surface area contributed by atoms with Gasteiger partial charge in [0.25, 0.3) is 10.0 Å². The molecular weight excluding hydrogens is 498 g/mol. The van der Waals surface area contributed by atoms with Crippen LogP contribution in [0.4, 0.5) is 11.4 Å². The molecule has 2 aliphatic rings. The van der Waals surface area contributed by atoms with Crippen molar-refractivity contribution in [1.82, 2.24) is 4.90 Å². The van der Waals surface area contributed by atoms with Gasteiger partial charge >= 0.3 is 0 Å². The minimum atomic E-state index is -4.22. The molecule has 0 unspecified atom stereocenters. The Kier molecular flexibility index (Phi) is 6.12. The first-order valence-electron chi connectivity index (χ1n) is 10.3. The van der Waals surface area contributed by atoms with Crippen LogP contribution in [0.5, 0.6) is 11.5 Å². The van der Waals surface area contributed by atoms with Gasteiger partial charge in [-0.25, -0.2) is 8.42 Å². The maximum Gasteiger partial charge on any atom is 0.272 e. The van der Waals surface area contributed by atoms with E-state index in [4.69, 9.17) is 9.47 Å². The Morgan fingerprint density at radius 2 is 2.03 bits per heavy atom. The fourth-order valence-corrected chi connectivity index (χ4v) is 6.69. The van der Waals surface area contributed by atoms with E-state index in [1.54, 1.807) is 31.4 Å². The van der Waals surface area contributed by atoms with Gasteiger partial charge in [0.05, 0.1) is 7.11 Å². The number of methoxy groups -OCH3 is 1. The molecule has 2 aromatic carbocycles. The van der Waals surface area contributed by atoms with Gasteiger partial charge in [-0.2, -0.15) is 4.31 Å². The van der Waals surface area contributed by atoms with Crippen LogP contribution in [0, 0.1) is 0 Å². The van der Waals surface area contributed by atoms with Gasteiger partial charge in [-0.15, -0.1) is 0 Å². The van der Waals surface area contributed by atoms with E-state index >= 15 is 0 Å². The number of likely N-dealkylation sites (N-methyl/N-ethyl adjacent to an activating group) is 1. The van der Waals surface area contributed by atoms with Crippen LogP contribution < -0.4 is 19.1 Å². The zero-order valence-corrected chi connectivity index (χ0v) is 20.8. The van der Waals surface area contributed by atoms with Gasteiger partial charge in [-0.3, -0.25) is 4.79 Å². The number of fused-ring (bicyclic) bond motifs is 2. The molecule has 1 N–H and O–H groups in total. The average molecular weight is 524 g/mol. The van der Waals surface area contributed by atoms with Gasteiger partial charge in [0, 0.05) is 35.2 Å². The van der Waals surface area contributed by atoms with Crippen LogP contribution in [0.2, 0.25) is 0 Å². The third-order valence-electron chi connectivity index (χ3n) is 5.90. The Balaban J connectivity index is 1.86. The lowest BCUT2D eigenvalue weighted by Crippen LogP contribution is -2.40. The number of nitrogens with zero attached hydrogens (tertiary/aromatic N) is 2. The van der Waals surface area contributed by atoms with Gasteiger partial charge in [0.15, 0.2) is 5.75 Å². The molecule has 0 saturated heterocycles. The number of ether oxygens (including phenoxy) is 2. The SMILES string of the molecule is COc1ccc(N(C(C)=O)S(=O)(=O)c2cc3c(cc2Br)CCN3)c2c1C[C@@H](N(C)C)CO2. The highest BCUT2D eigenvalue weighted by Crippen LogP contribution is 2.44. The summed E-state index contributed by atoms with van der Waals surface area (Å²) in [6.45, 7) is 2.35. The van der Waals surface area contributed by atoms with E-state index < -0.39 is 15.9 Å². The van der Waals surface area contributed by atoms with Crippen LogP contribution in [0.1, 0.15) is 18.1 Å². The summed E-state index contributed by atoms with van der Waals surface area (Å²) in [6, 6.07) is 6.72. The lowest BCUT2D eigenvalue weighted by atomic mass is 9.99. The first-order chi connectivity index (χ1) is 15.1. The number of nitrogens with one attached hydrogen (secondary N) is 1. The standard InChI is InChI=1S/C22H26BrN3O5S/c1-13(27)26(32(28,29)21-11-18-14(7-8-24-18)9-17(21)23)19-5-6-20(30-4)16-10-15(25(2)3)12-31-22(16)19/h5-6,9,11,15,24H,7-8,10,12H2,1-4H3/t15-/m1/s1. The number of amides is 1. The zero-order chi connectivity index (χ0) is 23.2. The second-order valence-electron chi connectivity index (χ2n) is 8.13. The number of hydrogen-bond acceptors (Lipinski definition) is 7. The minimum Gasteiger partial charge on any atom is -0.496 e. The van der Waals surface area contributed by atoms with Crippen molar-refractivity contribution in [3.63, 3.8) is 0 Å². The Bertz CT molecular complexity index is 1180. The van der Waals surface area contributed by atoms with Crippen LogP contribution in [0.3, 0.4) is 0 Å². The Morgan fingerprint density at radius 3 is 2.69 bits per heavy atom. The highest BCUT2D eigenvalue weighted by molar-refractivity contribution is 9.10. The molecule has 2 aromatic rings. The van der Waals surface area contributed by atoms with Crippen LogP contribution in [0.15, 0.2) is 33.6 Å². The van der Waals surface area contributed by atoms with Gasteiger partial charge < -0.3 is 19.7 Å². The van der Waals surface area contributed by atoms with Crippen molar-refractivity contribution in [2.24, 2.45) is 0 Å². The van der Waals surface area contributed by atoms with Crippen LogP contribution in [-0.4, -0.2) is 59.6 Å². The summed E-state index contributed by atoms with van der Waals surface area (Å²) in [5.74, 6) is 0.326. The van der Waals surface area contributed by atoms with E-state index in [-0.39, 0.29) is 16.6 Å². The van der Waals surface area contributed by atoms with Crippen molar-refractivity contribution < 1.29 is 22.7 Å². The first kappa shape index (κ1) is 22.9. The normalized spacial score (nSPS) is 17.2. The fourth-order valence-electron chi connectivity index (χ4n) is 4.17. The number of halogens is 1. The van der Waals surface area contributed by atoms with Crippen LogP contribution in [-0.2, 0) is 27.7 Å². The number of anilines is 2. The molecule has 172 valence electrons. The van der Waals surface area contributed by atoms with Crippen LogP contribution >= 0.6 is 15.9 Å². The topological polar surface area (TPSA) is 88.2 Å². The summed E-state index contributed by atoms with van der Waals surface area (Å²) in [7, 11) is 1.25. The summed E-state index contributed by atoms with van der Waals surface area (Å²) in [4.78, 5) is 14.8. The quantitative estimate of drug-likeness (QED) is 0.644. The summed E-state index contributed by atoms with van der Waals surface area (Å²) < 4.78 is 40.3. The lowest BCUT2D eigenvalue weighted by Gasteiger charge is -2.33. The molecule has 0 bridgehead atoms. The molecule has 32 heavy (non-hydrogen) atoms. The second kappa shape index (κ2) is 8.57. The fraction of sp³-hybridized carbons (Fsp3) is 0.409. The van der Waals surface area contributed by atoms with Gasteiger partial charge in [-0.05, 0) is 72.7 Å². The average Bonchev–Trinajstić information content (AvgIpc) is 3.19. The van der Waals surface area contributed by atoms with E-state index in [2.05, 4.69) is 21.2 Å². The monoisotopic (exact) mass is 523 g/mol. The molecule has 2 heterocycles. The minimum absolute atomic E-state index is 0.0207. The number of carbonyl (C=O) groups excluding carboxylic acids is 1. The molecule has 0 aliphatic carbocycles. The molecule has 1 amide bonds. The number of rotatable bonds is 5. The maximum absolute atomic E-state index is 13.8. The van der Waals surface area contributed by atoms with E-state index in [1.165, 1.54) is 6.92 Å². The molecular formula is C22H26BrN3O5S. The molecule has 0 fully saturated rings. The highest BCUT2D eigenvalue weighted by atomic mass is 79.9. The van der Waals surface area contributed by atoms with E-state index in [0.29, 0.717) is 29.0 Å². The van der Waals surface area contributed by atoms with Crippen molar-refractivity contribution in [3.05, 3.63) is 39.9 Å². The van der Waals surface area contributed by atoms with Crippen LogP contribution in [0.25, 0.3) is 0 Å². The molecule has 1 atom stereocenters. The predicted molar refractivity (Wildman–Crippen MR) is 126 cm³/mol. The molecule has 0 radical (unpaired) electrons. The maximum atomic E-state index is 13.8. The smallest absolute Gasteiger partial charge is 0.272 e. The molecule has 8 nitrogen and oxygen atoms in total. The molecule has 10 heteroatoms. The first-order valence-corrected chi connectivity index (χ1v) is 12.5. The highest BCUT2D eigenvalue weighted by Gasteiger charge is 2.37. The molecule has 4 rings (SSSR count). The summed E-state index contributed by atoms with van der Waals surface area (Å²) in [5, 5.41) is 3.19. The summed E-state index contributed by atoms with van der Waals surface area (Å²) in [6.07, 6.45) is 1.43. The molecule has 0 spiro atoms. The van der Waals surface area contributed by atoms with E-state index in [9.17, 15) is 13.2 Å². The molecule has 0 saturated carbocycles. The third-order valence-corrected chi connectivity index (χ3v) is 8.64. The van der Waals surface area contributed by atoms with Crippen molar-refractivity contribution in [3.8, 4) is 11.5 Å². The number of carbonyl (C=O) groups is 1. The van der Waals surface area contributed by atoms with E-state index in [1.807, 2.05) is 19.0 Å². The number of sulfonamides is 1. The molecule has 0 aromatic heterocycles. The Morgan fingerprint density at radius 1 is 1.28 bits per heavy atom.